The first-order chi connectivity index (χ1) is 8.69. The van der Waals surface area contributed by atoms with Gasteiger partial charge in [-0.25, -0.2) is 0 Å². The standard InChI is InChI=1S/C14H20N2O2/c15-13(9-11-1-2-11)14(18)16-12-5-3-10(4-6-12)7-8-17/h3-6,11,13,17H,1-2,7-9,15H2,(H,16,18)/t13-/m0/s1. The van der Waals surface area contributed by atoms with Crippen LogP contribution in [0.3, 0.4) is 0 Å². The Kier molecular flexibility index (Phi) is 4.33. The summed E-state index contributed by atoms with van der Waals surface area (Å²) in [5.41, 5.74) is 7.65. The fourth-order valence-corrected chi connectivity index (χ4v) is 1.94. The zero-order chi connectivity index (χ0) is 13.0. The maximum Gasteiger partial charge on any atom is 0.241 e. The minimum absolute atomic E-state index is 0.114. The highest BCUT2D eigenvalue weighted by Gasteiger charge is 2.26. The molecule has 0 bridgehead atoms. The van der Waals surface area contributed by atoms with Gasteiger partial charge in [-0.3, -0.25) is 4.79 Å². The van der Waals surface area contributed by atoms with Crippen molar-refractivity contribution in [3.63, 3.8) is 0 Å². The zero-order valence-corrected chi connectivity index (χ0v) is 10.4. The molecule has 18 heavy (non-hydrogen) atoms. The normalized spacial score (nSPS) is 16.3. The molecule has 0 aliphatic heterocycles. The van der Waals surface area contributed by atoms with Crippen LogP contribution in [0.5, 0.6) is 0 Å². The number of aliphatic hydroxyl groups excluding tert-OH is 1. The first-order valence-corrected chi connectivity index (χ1v) is 6.45. The van der Waals surface area contributed by atoms with E-state index in [0.717, 1.165) is 17.7 Å². The van der Waals surface area contributed by atoms with Crippen molar-refractivity contribution in [2.45, 2.75) is 31.7 Å². The second kappa shape index (κ2) is 5.98. The Labute approximate surface area is 107 Å². The van der Waals surface area contributed by atoms with Crippen molar-refractivity contribution in [1.82, 2.24) is 0 Å². The molecule has 1 amide bonds. The van der Waals surface area contributed by atoms with Crippen LogP contribution in [0.25, 0.3) is 0 Å². The van der Waals surface area contributed by atoms with E-state index < -0.39 is 6.04 Å². The van der Waals surface area contributed by atoms with Crippen LogP contribution in [-0.4, -0.2) is 23.7 Å². The molecule has 4 nitrogen and oxygen atoms in total. The molecular weight excluding hydrogens is 228 g/mol. The molecule has 1 fully saturated rings. The highest BCUT2D eigenvalue weighted by atomic mass is 16.2. The number of anilines is 1. The first kappa shape index (κ1) is 13.1. The molecule has 0 aromatic heterocycles. The molecule has 1 aromatic carbocycles. The van der Waals surface area contributed by atoms with E-state index in [-0.39, 0.29) is 12.5 Å². The fraction of sp³-hybridized carbons (Fsp3) is 0.500. The molecule has 0 unspecified atom stereocenters. The molecule has 2 rings (SSSR count). The highest BCUT2D eigenvalue weighted by molar-refractivity contribution is 5.94. The summed E-state index contributed by atoms with van der Waals surface area (Å²) in [4.78, 5) is 11.8. The van der Waals surface area contributed by atoms with Crippen LogP contribution < -0.4 is 11.1 Å². The highest BCUT2D eigenvalue weighted by Crippen LogP contribution is 2.33. The van der Waals surface area contributed by atoms with Gasteiger partial charge in [-0.2, -0.15) is 0 Å². The van der Waals surface area contributed by atoms with Crippen LogP contribution in [0.15, 0.2) is 24.3 Å². The van der Waals surface area contributed by atoms with Crippen molar-refractivity contribution >= 4 is 11.6 Å². The molecule has 4 N–H and O–H groups in total. The summed E-state index contributed by atoms with van der Waals surface area (Å²) in [7, 11) is 0. The van der Waals surface area contributed by atoms with Crippen LogP contribution in [-0.2, 0) is 11.2 Å². The summed E-state index contributed by atoms with van der Waals surface area (Å²) in [6, 6.07) is 7.07. The Hall–Kier alpha value is -1.39. The number of aliphatic hydroxyl groups is 1. The van der Waals surface area contributed by atoms with Gasteiger partial charge in [-0.15, -0.1) is 0 Å². The Balaban J connectivity index is 1.85. The fourth-order valence-electron chi connectivity index (χ4n) is 1.94. The molecule has 1 saturated carbocycles. The van der Waals surface area contributed by atoms with E-state index in [1.807, 2.05) is 24.3 Å². The van der Waals surface area contributed by atoms with Gasteiger partial charge in [0, 0.05) is 12.3 Å². The van der Waals surface area contributed by atoms with E-state index in [4.69, 9.17) is 10.8 Å². The van der Waals surface area contributed by atoms with Gasteiger partial charge in [0.15, 0.2) is 0 Å². The van der Waals surface area contributed by atoms with Crippen LogP contribution >= 0.6 is 0 Å². The average molecular weight is 248 g/mol. The van der Waals surface area contributed by atoms with Gasteiger partial charge in [-0.1, -0.05) is 25.0 Å². The summed E-state index contributed by atoms with van der Waals surface area (Å²) >= 11 is 0. The van der Waals surface area contributed by atoms with Crippen molar-refractivity contribution in [1.29, 1.82) is 0 Å². The van der Waals surface area contributed by atoms with Gasteiger partial charge in [0.25, 0.3) is 0 Å². The number of carbonyl (C=O) groups excluding carboxylic acids is 1. The van der Waals surface area contributed by atoms with Gasteiger partial charge in [-0.05, 0) is 36.5 Å². The summed E-state index contributed by atoms with van der Waals surface area (Å²) < 4.78 is 0. The number of nitrogens with one attached hydrogen (secondary N) is 1. The Morgan fingerprint density at radius 2 is 2.06 bits per heavy atom. The smallest absolute Gasteiger partial charge is 0.241 e. The summed E-state index contributed by atoms with van der Waals surface area (Å²) in [6.07, 6.45) is 3.83. The molecule has 0 radical (unpaired) electrons. The predicted molar refractivity (Wildman–Crippen MR) is 71.2 cm³/mol. The van der Waals surface area contributed by atoms with Crippen LogP contribution in [0.4, 0.5) is 5.69 Å². The van der Waals surface area contributed by atoms with Crippen LogP contribution in [0.1, 0.15) is 24.8 Å². The molecular formula is C14H20N2O2. The summed E-state index contributed by atoms with van der Waals surface area (Å²) in [5, 5.41) is 11.6. The molecule has 0 heterocycles. The molecule has 1 aromatic rings. The van der Waals surface area contributed by atoms with Crippen LogP contribution in [0.2, 0.25) is 0 Å². The molecule has 1 aliphatic rings. The van der Waals surface area contributed by atoms with E-state index in [1.165, 1.54) is 12.8 Å². The number of benzene rings is 1. The van der Waals surface area contributed by atoms with Crippen molar-refractivity contribution in [2.24, 2.45) is 11.7 Å². The second-order valence-corrected chi connectivity index (χ2v) is 4.95. The van der Waals surface area contributed by atoms with E-state index in [1.54, 1.807) is 0 Å². The maximum absolute atomic E-state index is 11.8. The lowest BCUT2D eigenvalue weighted by Gasteiger charge is -2.12. The van der Waals surface area contributed by atoms with Gasteiger partial charge in [0.2, 0.25) is 5.91 Å². The van der Waals surface area contributed by atoms with Crippen molar-refractivity contribution in [3.05, 3.63) is 29.8 Å². The lowest BCUT2D eigenvalue weighted by Crippen LogP contribution is -2.35. The SMILES string of the molecule is N[C@@H](CC1CC1)C(=O)Nc1ccc(CCO)cc1. The van der Waals surface area contributed by atoms with Crippen LogP contribution in [0, 0.1) is 5.92 Å². The Morgan fingerprint density at radius 1 is 1.39 bits per heavy atom. The third kappa shape index (κ3) is 3.82. The van der Waals surface area contributed by atoms with E-state index in [9.17, 15) is 4.79 Å². The molecule has 1 aliphatic carbocycles. The largest absolute Gasteiger partial charge is 0.396 e. The quantitative estimate of drug-likeness (QED) is 0.710. The molecule has 98 valence electrons. The number of hydrogen-bond acceptors (Lipinski definition) is 3. The number of hydrogen-bond donors (Lipinski definition) is 3. The zero-order valence-electron chi connectivity index (χ0n) is 10.4. The van der Waals surface area contributed by atoms with Gasteiger partial charge in [0.05, 0.1) is 6.04 Å². The van der Waals surface area contributed by atoms with Gasteiger partial charge in [0.1, 0.15) is 0 Å². The predicted octanol–water partition coefficient (Wildman–Crippen LogP) is 1.29. The molecule has 1 atom stereocenters. The first-order valence-electron chi connectivity index (χ1n) is 6.45. The lowest BCUT2D eigenvalue weighted by molar-refractivity contribution is -0.117. The minimum atomic E-state index is -0.408. The Morgan fingerprint density at radius 3 is 2.61 bits per heavy atom. The Bertz CT molecular complexity index is 399. The lowest BCUT2D eigenvalue weighted by atomic mass is 10.1. The van der Waals surface area contributed by atoms with E-state index in [2.05, 4.69) is 5.32 Å². The van der Waals surface area contributed by atoms with Gasteiger partial charge >= 0.3 is 0 Å². The third-order valence-electron chi connectivity index (χ3n) is 3.24. The van der Waals surface area contributed by atoms with Crippen molar-refractivity contribution < 1.29 is 9.90 Å². The molecule has 0 saturated heterocycles. The van der Waals surface area contributed by atoms with E-state index >= 15 is 0 Å². The minimum Gasteiger partial charge on any atom is -0.396 e. The van der Waals surface area contributed by atoms with Crippen molar-refractivity contribution in [3.8, 4) is 0 Å². The maximum atomic E-state index is 11.8. The van der Waals surface area contributed by atoms with Gasteiger partial charge < -0.3 is 16.2 Å². The number of amides is 1. The topological polar surface area (TPSA) is 75.4 Å². The summed E-state index contributed by atoms with van der Waals surface area (Å²) in [6.45, 7) is 0.137. The number of carbonyl (C=O) groups is 1. The number of nitrogens with two attached hydrogens (primary N) is 1. The van der Waals surface area contributed by atoms with Crippen molar-refractivity contribution in [2.75, 3.05) is 11.9 Å². The number of rotatable bonds is 6. The third-order valence-corrected chi connectivity index (χ3v) is 3.24. The second-order valence-electron chi connectivity index (χ2n) is 4.95. The monoisotopic (exact) mass is 248 g/mol. The molecule has 4 heteroatoms. The van der Waals surface area contributed by atoms with E-state index in [0.29, 0.717) is 12.3 Å². The summed E-state index contributed by atoms with van der Waals surface area (Å²) in [5.74, 6) is 0.537. The average Bonchev–Trinajstić information content (AvgIpc) is 3.16. The molecule has 0 spiro atoms.